The average molecular weight is 365 g/mol. The molecule has 0 saturated heterocycles. The number of benzene rings is 1. The second-order valence-electron chi connectivity index (χ2n) is 5.46. The van der Waals surface area contributed by atoms with Crippen molar-refractivity contribution in [2.45, 2.75) is 26.3 Å². The van der Waals surface area contributed by atoms with Crippen molar-refractivity contribution in [3.8, 4) is 0 Å². The lowest BCUT2D eigenvalue weighted by atomic mass is 10.1. The van der Waals surface area contributed by atoms with E-state index in [1.807, 2.05) is 37.3 Å². The molecular formula is C18H22Cl2N4. The van der Waals surface area contributed by atoms with Crippen molar-refractivity contribution in [2.24, 2.45) is 4.99 Å². The minimum absolute atomic E-state index is 0.643. The van der Waals surface area contributed by atoms with Crippen LogP contribution in [-0.4, -0.2) is 24.5 Å². The van der Waals surface area contributed by atoms with Crippen LogP contribution in [0.2, 0.25) is 10.0 Å². The molecule has 0 fully saturated rings. The number of aliphatic imine (C=N–C) groups is 1. The fourth-order valence-electron chi connectivity index (χ4n) is 2.30. The molecule has 0 radical (unpaired) electrons. The number of hydrogen-bond donors (Lipinski definition) is 2. The average Bonchev–Trinajstić information content (AvgIpc) is 2.56. The van der Waals surface area contributed by atoms with Gasteiger partial charge in [0.25, 0.3) is 0 Å². The fourth-order valence-corrected chi connectivity index (χ4v) is 2.81. The Labute approximate surface area is 153 Å². The van der Waals surface area contributed by atoms with Crippen molar-refractivity contribution in [2.75, 3.05) is 13.6 Å². The van der Waals surface area contributed by atoms with Gasteiger partial charge in [0.05, 0.1) is 12.2 Å². The summed E-state index contributed by atoms with van der Waals surface area (Å²) in [6.45, 7) is 3.43. The van der Waals surface area contributed by atoms with Gasteiger partial charge >= 0.3 is 0 Å². The van der Waals surface area contributed by atoms with E-state index in [4.69, 9.17) is 23.2 Å². The zero-order valence-electron chi connectivity index (χ0n) is 13.9. The normalized spacial score (nSPS) is 11.4. The quantitative estimate of drug-likeness (QED) is 0.462. The van der Waals surface area contributed by atoms with Crippen LogP contribution in [0.15, 0.2) is 41.4 Å². The smallest absolute Gasteiger partial charge is 0.191 e. The van der Waals surface area contributed by atoms with Gasteiger partial charge in [-0.1, -0.05) is 35.3 Å². The molecular weight excluding hydrogens is 343 g/mol. The van der Waals surface area contributed by atoms with E-state index in [1.54, 1.807) is 13.1 Å². The lowest BCUT2D eigenvalue weighted by Gasteiger charge is -2.12. The van der Waals surface area contributed by atoms with Gasteiger partial charge in [-0.25, -0.2) is 0 Å². The Hall–Kier alpha value is -1.78. The molecule has 0 amide bonds. The summed E-state index contributed by atoms with van der Waals surface area (Å²) in [6, 6.07) is 11.6. The third kappa shape index (κ3) is 6.02. The first-order valence-corrected chi connectivity index (χ1v) is 8.65. The topological polar surface area (TPSA) is 49.3 Å². The molecule has 0 spiro atoms. The van der Waals surface area contributed by atoms with E-state index in [2.05, 4.69) is 20.6 Å². The number of aromatic nitrogens is 1. The number of guanidine groups is 1. The molecule has 0 unspecified atom stereocenters. The Morgan fingerprint density at radius 1 is 1.17 bits per heavy atom. The van der Waals surface area contributed by atoms with E-state index in [0.29, 0.717) is 11.6 Å². The number of hydrogen-bond acceptors (Lipinski definition) is 2. The van der Waals surface area contributed by atoms with Crippen molar-refractivity contribution < 1.29 is 0 Å². The maximum Gasteiger partial charge on any atom is 0.191 e. The number of halogens is 2. The Morgan fingerprint density at radius 2 is 2.00 bits per heavy atom. The van der Waals surface area contributed by atoms with Gasteiger partial charge in [-0.05, 0) is 49.6 Å². The molecule has 0 bridgehead atoms. The van der Waals surface area contributed by atoms with E-state index in [1.165, 1.54) is 0 Å². The third-order valence-corrected chi connectivity index (χ3v) is 4.12. The molecule has 6 heteroatoms. The molecule has 2 N–H and O–H groups in total. The molecule has 0 saturated carbocycles. The van der Waals surface area contributed by atoms with Crippen LogP contribution in [0, 0.1) is 6.92 Å². The third-order valence-electron chi connectivity index (χ3n) is 3.54. The van der Waals surface area contributed by atoms with Crippen LogP contribution < -0.4 is 10.6 Å². The summed E-state index contributed by atoms with van der Waals surface area (Å²) in [4.78, 5) is 8.68. The summed E-state index contributed by atoms with van der Waals surface area (Å²) in [5.41, 5.74) is 3.11. The van der Waals surface area contributed by atoms with Crippen molar-refractivity contribution in [3.05, 3.63) is 63.4 Å². The first kappa shape index (κ1) is 18.6. The molecule has 1 heterocycles. The highest BCUT2D eigenvalue weighted by molar-refractivity contribution is 6.35. The SMILES string of the molecule is CN=C(NCCCc1ccc(Cl)cc1Cl)NCc1cccc(C)n1. The summed E-state index contributed by atoms with van der Waals surface area (Å²) in [7, 11) is 1.76. The molecule has 2 aromatic rings. The maximum absolute atomic E-state index is 6.18. The van der Waals surface area contributed by atoms with Crippen molar-refractivity contribution in [3.63, 3.8) is 0 Å². The number of nitrogens with one attached hydrogen (secondary N) is 2. The van der Waals surface area contributed by atoms with E-state index in [9.17, 15) is 0 Å². The first-order valence-electron chi connectivity index (χ1n) is 7.89. The molecule has 1 aromatic carbocycles. The largest absolute Gasteiger partial charge is 0.356 e. The van der Waals surface area contributed by atoms with Gasteiger partial charge in [-0.15, -0.1) is 0 Å². The summed E-state index contributed by atoms with van der Waals surface area (Å²) < 4.78 is 0. The van der Waals surface area contributed by atoms with Gasteiger partial charge in [0.2, 0.25) is 0 Å². The zero-order chi connectivity index (χ0) is 17.4. The minimum Gasteiger partial charge on any atom is -0.356 e. The number of aryl methyl sites for hydroxylation is 2. The van der Waals surface area contributed by atoms with Crippen molar-refractivity contribution in [1.29, 1.82) is 0 Å². The predicted molar refractivity (Wildman–Crippen MR) is 102 cm³/mol. The summed E-state index contributed by atoms with van der Waals surface area (Å²) in [6.07, 6.45) is 1.84. The van der Waals surface area contributed by atoms with Crippen LogP contribution >= 0.6 is 23.2 Å². The van der Waals surface area contributed by atoms with Crippen LogP contribution in [0.5, 0.6) is 0 Å². The summed E-state index contributed by atoms with van der Waals surface area (Å²) >= 11 is 12.1. The zero-order valence-corrected chi connectivity index (χ0v) is 15.5. The van der Waals surface area contributed by atoms with E-state index in [-0.39, 0.29) is 0 Å². The van der Waals surface area contributed by atoms with Gasteiger partial charge in [-0.2, -0.15) is 0 Å². The van der Waals surface area contributed by atoms with E-state index in [0.717, 1.165) is 47.3 Å². The highest BCUT2D eigenvalue weighted by Gasteiger charge is 2.03. The predicted octanol–water partition coefficient (Wildman–Crippen LogP) is 3.99. The molecule has 4 nitrogen and oxygen atoms in total. The standard InChI is InChI=1S/C18H22Cl2N4/c1-13-5-3-7-16(24-13)12-23-18(21-2)22-10-4-6-14-8-9-15(19)11-17(14)20/h3,5,7-9,11H,4,6,10,12H2,1-2H3,(H2,21,22,23). The lowest BCUT2D eigenvalue weighted by molar-refractivity contribution is 0.737. The van der Waals surface area contributed by atoms with Crippen LogP contribution in [0.4, 0.5) is 0 Å². The number of nitrogens with zero attached hydrogens (tertiary/aromatic N) is 2. The van der Waals surface area contributed by atoms with Crippen molar-refractivity contribution >= 4 is 29.2 Å². The minimum atomic E-state index is 0.643. The molecule has 2 rings (SSSR count). The molecule has 0 aliphatic rings. The molecule has 128 valence electrons. The van der Waals surface area contributed by atoms with Gasteiger partial charge < -0.3 is 10.6 Å². The van der Waals surface area contributed by atoms with Crippen LogP contribution in [0.3, 0.4) is 0 Å². The maximum atomic E-state index is 6.18. The van der Waals surface area contributed by atoms with Gasteiger partial charge in [-0.3, -0.25) is 9.98 Å². The Balaban J connectivity index is 1.73. The molecule has 0 atom stereocenters. The monoisotopic (exact) mass is 364 g/mol. The summed E-state index contributed by atoms with van der Waals surface area (Å²) in [5, 5.41) is 7.94. The van der Waals surface area contributed by atoms with Gasteiger partial charge in [0.1, 0.15) is 0 Å². The van der Waals surface area contributed by atoms with Gasteiger partial charge in [0, 0.05) is 29.3 Å². The highest BCUT2D eigenvalue weighted by Crippen LogP contribution is 2.21. The number of pyridine rings is 1. The molecule has 0 aliphatic heterocycles. The number of rotatable bonds is 6. The van der Waals surface area contributed by atoms with E-state index < -0.39 is 0 Å². The second-order valence-corrected chi connectivity index (χ2v) is 6.31. The van der Waals surface area contributed by atoms with Crippen LogP contribution in [0.1, 0.15) is 23.4 Å². The fraction of sp³-hybridized carbons (Fsp3) is 0.333. The molecule has 1 aromatic heterocycles. The van der Waals surface area contributed by atoms with E-state index >= 15 is 0 Å². The van der Waals surface area contributed by atoms with Crippen molar-refractivity contribution in [1.82, 2.24) is 15.6 Å². The summed E-state index contributed by atoms with van der Waals surface area (Å²) in [5.74, 6) is 0.764. The van der Waals surface area contributed by atoms with Gasteiger partial charge in [0.15, 0.2) is 5.96 Å². The second kappa shape index (κ2) is 9.50. The van der Waals surface area contributed by atoms with Crippen LogP contribution in [-0.2, 0) is 13.0 Å². The Kier molecular flexibility index (Phi) is 7.35. The first-order chi connectivity index (χ1) is 11.6. The Bertz CT molecular complexity index is 701. The Morgan fingerprint density at radius 3 is 2.71 bits per heavy atom. The lowest BCUT2D eigenvalue weighted by Crippen LogP contribution is -2.37. The van der Waals surface area contributed by atoms with Crippen LogP contribution in [0.25, 0.3) is 0 Å². The molecule has 0 aliphatic carbocycles. The highest BCUT2D eigenvalue weighted by atomic mass is 35.5. The molecule has 24 heavy (non-hydrogen) atoms.